The summed E-state index contributed by atoms with van der Waals surface area (Å²) in [5, 5.41) is 20.9. The number of rotatable bonds is 4. The molecule has 2 atom stereocenters. The fourth-order valence-electron chi connectivity index (χ4n) is 1.64. The van der Waals surface area contributed by atoms with E-state index >= 15 is 0 Å². The highest BCUT2D eigenvalue weighted by molar-refractivity contribution is 7.10. The molecule has 0 fully saturated rings. The lowest BCUT2D eigenvalue weighted by Crippen LogP contribution is -2.26. The first-order valence-corrected chi connectivity index (χ1v) is 5.78. The molecular weight excluding hydrogens is 212 g/mol. The zero-order valence-corrected chi connectivity index (χ0v) is 9.91. The largest absolute Gasteiger partial charge is 0.481 e. The minimum atomic E-state index is -0.940. The Balaban J connectivity index is 2.96. The minimum absolute atomic E-state index is 0.0843. The lowest BCUT2D eigenvalue weighted by molar-refractivity contribution is -0.148. The van der Waals surface area contributed by atoms with Crippen molar-refractivity contribution in [1.29, 1.82) is 0 Å². The molecule has 1 aromatic heterocycles. The van der Waals surface area contributed by atoms with Crippen LogP contribution in [0, 0.1) is 18.8 Å². The number of carbonyl (C=O) groups is 1. The summed E-state index contributed by atoms with van der Waals surface area (Å²) in [4.78, 5) is 11.8. The van der Waals surface area contributed by atoms with Crippen LogP contribution in [0.25, 0.3) is 0 Å². The highest BCUT2D eigenvalue weighted by atomic mass is 32.1. The molecule has 1 rings (SSSR count). The molecular formula is C11H16O3S. The summed E-state index contributed by atoms with van der Waals surface area (Å²) in [6, 6.07) is 1.89. The van der Waals surface area contributed by atoms with Crippen LogP contribution in [-0.2, 0) is 4.79 Å². The summed E-state index contributed by atoms with van der Waals surface area (Å²) in [6.45, 7) is 5.50. The van der Waals surface area contributed by atoms with Gasteiger partial charge in [0.1, 0.15) is 6.10 Å². The highest BCUT2D eigenvalue weighted by Crippen LogP contribution is 2.33. The molecule has 0 saturated heterocycles. The van der Waals surface area contributed by atoms with Crippen LogP contribution in [0.5, 0.6) is 0 Å². The third kappa shape index (κ3) is 2.58. The van der Waals surface area contributed by atoms with Crippen molar-refractivity contribution in [3.8, 4) is 0 Å². The van der Waals surface area contributed by atoms with E-state index in [1.54, 1.807) is 0 Å². The Bertz CT molecular complexity index is 343. The molecule has 2 unspecified atom stereocenters. The molecule has 0 bridgehead atoms. The van der Waals surface area contributed by atoms with Crippen molar-refractivity contribution in [2.24, 2.45) is 11.8 Å². The Kier molecular flexibility index (Phi) is 3.88. The Hall–Kier alpha value is -0.870. The van der Waals surface area contributed by atoms with Gasteiger partial charge in [0.25, 0.3) is 0 Å². The van der Waals surface area contributed by atoms with Gasteiger partial charge in [-0.2, -0.15) is 0 Å². The lowest BCUT2D eigenvalue weighted by atomic mass is 9.89. The van der Waals surface area contributed by atoms with Crippen molar-refractivity contribution in [1.82, 2.24) is 0 Å². The molecule has 84 valence electrons. The average molecular weight is 228 g/mol. The number of aliphatic hydroxyl groups is 1. The average Bonchev–Trinajstić information content (AvgIpc) is 2.49. The van der Waals surface area contributed by atoms with Crippen molar-refractivity contribution in [2.45, 2.75) is 26.9 Å². The maximum Gasteiger partial charge on any atom is 0.309 e. The molecule has 0 aliphatic carbocycles. The van der Waals surface area contributed by atoms with E-state index in [1.807, 2.05) is 32.2 Å². The van der Waals surface area contributed by atoms with Gasteiger partial charge in [-0.3, -0.25) is 4.79 Å². The Morgan fingerprint density at radius 1 is 1.47 bits per heavy atom. The number of thiophene rings is 1. The molecule has 1 heterocycles. The van der Waals surface area contributed by atoms with Gasteiger partial charge < -0.3 is 10.2 Å². The van der Waals surface area contributed by atoms with Crippen LogP contribution >= 0.6 is 11.3 Å². The van der Waals surface area contributed by atoms with Gasteiger partial charge in [-0.05, 0) is 29.9 Å². The van der Waals surface area contributed by atoms with Gasteiger partial charge in [-0.1, -0.05) is 13.8 Å². The van der Waals surface area contributed by atoms with Gasteiger partial charge in [0, 0.05) is 4.88 Å². The topological polar surface area (TPSA) is 57.5 Å². The predicted octanol–water partition coefficient (Wildman–Crippen LogP) is 2.45. The first kappa shape index (κ1) is 12.2. The molecule has 3 nitrogen and oxygen atoms in total. The molecule has 0 aliphatic heterocycles. The van der Waals surface area contributed by atoms with Gasteiger partial charge in [-0.15, -0.1) is 11.3 Å². The maximum absolute atomic E-state index is 11.0. The number of aliphatic carboxylic acids is 1. The predicted molar refractivity (Wildman–Crippen MR) is 60.0 cm³/mol. The monoisotopic (exact) mass is 228 g/mol. The van der Waals surface area contributed by atoms with Gasteiger partial charge in [0.05, 0.1) is 5.92 Å². The Labute approximate surface area is 93.4 Å². The first-order valence-electron chi connectivity index (χ1n) is 4.90. The number of hydrogen-bond donors (Lipinski definition) is 2. The summed E-state index contributed by atoms with van der Waals surface area (Å²) in [6.07, 6.45) is -0.900. The third-order valence-corrected chi connectivity index (χ3v) is 3.60. The van der Waals surface area contributed by atoms with E-state index in [9.17, 15) is 9.90 Å². The molecule has 0 amide bonds. The van der Waals surface area contributed by atoms with Crippen molar-refractivity contribution in [2.75, 3.05) is 0 Å². The summed E-state index contributed by atoms with van der Waals surface area (Å²) < 4.78 is 0. The smallest absolute Gasteiger partial charge is 0.309 e. The zero-order valence-electron chi connectivity index (χ0n) is 9.10. The van der Waals surface area contributed by atoms with E-state index in [0.29, 0.717) is 0 Å². The third-order valence-electron chi connectivity index (χ3n) is 2.51. The second kappa shape index (κ2) is 4.77. The van der Waals surface area contributed by atoms with Crippen LogP contribution in [0.1, 0.15) is 30.4 Å². The van der Waals surface area contributed by atoms with Gasteiger partial charge in [0.15, 0.2) is 0 Å². The van der Waals surface area contributed by atoms with Crippen LogP contribution in [0.2, 0.25) is 0 Å². The number of carboxylic acids is 1. The molecule has 0 aliphatic rings. The molecule has 0 saturated carbocycles. The number of aryl methyl sites for hydroxylation is 1. The lowest BCUT2D eigenvalue weighted by Gasteiger charge is -2.22. The Morgan fingerprint density at radius 2 is 2.07 bits per heavy atom. The molecule has 0 radical (unpaired) electrons. The van der Waals surface area contributed by atoms with E-state index in [-0.39, 0.29) is 5.92 Å². The van der Waals surface area contributed by atoms with Gasteiger partial charge in [-0.25, -0.2) is 0 Å². The van der Waals surface area contributed by atoms with Crippen LogP contribution in [0.3, 0.4) is 0 Å². The van der Waals surface area contributed by atoms with Crippen molar-refractivity contribution in [3.05, 3.63) is 21.9 Å². The standard InChI is InChI=1S/C11H16O3S/c1-6(2)8(11(13)14)9(12)10-7(3)4-5-15-10/h4-6,8-9,12H,1-3H3,(H,13,14). The van der Waals surface area contributed by atoms with Crippen LogP contribution < -0.4 is 0 Å². The molecule has 2 N–H and O–H groups in total. The SMILES string of the molecule is Cc1ccsc1C(O)C(C(=O)O)C(C)C. The van der Waals surface area contributed by atoms with Crippen LogP contribution in [-0.4, -0.2) is 16.2 Å². The highest BCUT2D eigenvalue weighted by Gasteiger charge is 2.32. The summed E-state index contributed by atoms with van der Waals surface area (Å²) in [5.74, 6) is -1.76. The zero-order chi connectivity index (χ0) is 11.6. The van der Waals surface area contributed by atoms with Crippen molar-refractivity contribution >= 4 is 17.3 Å². The quantitative estimate of drug-likeness (QED) is 0.832. The molecule has 0 spiro atoms. The fraction of sp³-hybridized carbons (Fsp3) is 0.545. The number of carboxylic acid groups (broad SMARTS) is 1. The summed E-state index contributed by atoms with van der Waals surface area (Å²) >= 11 is 1.41. The molecule has 4 heteroatoms. The van der Waals surface area contributed by atoms with E-state index in [2.05, 4.69) is 0 Å². The second-order valence-electron chi connectivity index (χ2n) is 4.02. The van der Waals surface area contributed by atoms with Gasteiger partial charge >= 0.3 is 5.97 Å². The molecule has 1 aromatic rings. The van der Waals surface area contributed by atoms with Gasteiger partial charge in [0.2, 0.25) is 0 Å². The summed E-state index contributed by atoms with van der Waals surface area (Å²) in [7, 11) is 0. The minimum Gasteiger partial charge on any atom is -0.481 e. The van der Waals surface area contributed by atoms with Crippen molar-refractivity contribution < 1.29 is 15.0 Å². The first-order chi connectivity index (χ1) is 6.95. The van der Waals surface area contributed by atoms with E-state index in [1.165, 1.54) is 11.3 Å². The fourth-order valence-corrected chi connectivity index (χ4v) is 2.59. The van der Waals surface area contributed by atoms with Crippen LogP contribution in [0.15, 0.2) is 11.4 Å². The van der Waals surface area contributed by atoms with E-state index < -0.39 is 18.0 Å². The number of aliphatic hydroxyl groups excluding tert-OH is 1. The molecule has 15 heavy (non-hydrogen) atoms. The van der Waals surface area contributed by atoms with E-state index in [4.69, 9.17) is 5.11 Å². The van der Waals surface area contributed by atoms with Crippen molar-refractivity contribution in [3.63, 3.8) is 0 Å². The maximum atomic E-state index is 11.0. The van der Waals surface area contributed by atoms with E-state index in [0.717, 1.165) is 10.4 Å². The molecule has 0 aromatic carbocycles. The Morgan fingerprint density at radius 3 is 2.40 bits per heavy atom. The normalized spacial score (nSPS) is 15.3. The number of hydrogen-bond acceptors (Lipinski definition) is 3. The summed E-state index contributed by atoms with van der Waals surface area (Å²) in [5.41, 5.74) is 0.958. The second-order valence-corrected chi connectivity index (χ2v) is 4.97. The van der Waals surface area contributed by atoms with Crippen LogP contribution in [0.4, 0.5) is 0 Å².